The highest BCUT2D eigenvalue weighted by Gasteiger charge is 2.34. The molecule has 0 unspecified atom stereocenters. The first kappa shape index (κ1) is 61.1. The zero-order chi connectivity index (χ0) is 62.0. The minimum absolute atomic E-state index is 0.0166. The van der Waals surface area contributed by atoms with E-state index in [-0.39, 0.29) is 35.7 Å². The van der Waals surface area contributed by atoms with Gasteiger partial charge < -0.3 is 39.8 Å². The smallest absolute Gasteiger partial charge is 0.435 e. The Bertz CT molecular complexity index is 3800. The Morgan fingerprint density at radius 1 is 0.523 bits per heavy atom. The maximum absolute atomic E-state index is 13.5. The topological polar surface area (TPSA) is 278 Å². The van der Waals surface area contributed by atoms with Gasteiger partial charge in [0.2, 0.25) is 0 Å². The fourth-order valence-corrected chi connectivity index (χ4v) is 10.3. The van der Waals surface area contributed by atoms with Crippen molar-refractivity contribution in [2.75, 3.05) is 36.8 Å². The highest BCUT2D eigenvalue weighted by atomic mass is 16.6. The zero-order valence-electron chi connectivity index (χ0n) is 50.6. The number of benzene rings is 2. The fraction of sp³-hybridized carbons (Fsp3) is 0.419. The number of hydrogen-bond donors (Lipinski definition) is 3. The minimum Gasteiger partial charge on any atom is -0.463 e. The van der Waals surface area contributed by atoms with Gasteiger partial charge in [0.15, 0.2) is 11.4 Å². The predicted molar refractivity (Wildman–Crippen MR) is 322 cm³/mol. The molecule has 0 spiro atoms. The van der Waals surface area contributed by atoms with Crippen LogP contribution in [0.25, 0.3) is 44.1 Å². The molecule has 6 aromatic heterocycles. The Balaban J connectivity index is 0.000000205. The molecule has 452 valence electrons. The number of nitrogens with one attached hydrogen (secondary N) is 2. The van der Waals surface area contributed by atoms with Crippen molar-refractivity contribution in [3.05, 3.63) is 121 Å². The largest absolute Gasteiger partial charge is 0.463 e. The molecule has 2 aliphatic rings. The van der Waals surface area contributed by atoms with E-state index in [0.29, 0.717) is 59.4 Å². The average molecular weight is 1180 g/mol. The summed E-state index contributed by atoms with van der Waals surface area (Å²) in [5, 5.41) is 34.4. The number of carbonyl (C=O) groups is 6. The highest BCUT2D eigenvalue weighted by molar-refractivity contribution is 6.15. The van der Waals surface area contributed by atoms with Crippen molar-refractivity contribution in [2.24, 2.45) is 0 Å². The molecule has 0 bridgehead atoms. The number of anilines is 2. The molecule has 3 N–H and O–H groups in total. The SMILES string of the molecule is CC(C)(C)OC(=O)N1CCC(n2cc(-c3ccc4c(c(C(=O)Nc5ccncc5)nn4C(=O)O)c3C(C)(C)C)cn2)CC1.CC(C)(C)OC(=O)N1CCC(n2cc(-c3ccc4c(c3)c(C(=O)Nc3ccncc3)nn4C(=O)OC(C)(C)C)cn2)CC1. The molecule has 24 heteroatoms. The molecule has 2 saturated heterocycles. The van der Waals surface area contributed by atoms with E-state index >= 15 is 0 Å². The minimum atomic E-state index is -1.29. The van der Waals surface area contributed by atoms with E-state index in [1.807, 2.05) is 102 Å². The Hall–Kier alpha value is -9.48. The Kier molecular flexibility index (Phi) is 17.2. The van der Waals surface area contributed by atoms with Crippen LogP contribution < -0.4 is 10.6 Å². The summed E-state index contributed by atoms with van der Waals surface area (Å²) in [6, 6.07) is 15.9. The number of pyridine rings is 2. The van der Waals surface area contributed by atoms with Crippen LogP contribution >= 0.6 is 0 Å². The first-order valence-electron chi connectivity index (χ1n) is 28.5. The van der Waals surface area contributed by atoms with Crippen molar-refractivity contribution in [3.63, 3.8) is 0 Å². The summed E-state index contributed by atoms with van der Waals surface area (Å²) >= 11 is 0. The quantitative estimate of drug-likeness (QED) is 0.119. The van der Waals surface area contributed by atoms with Gasteiger partial charge in [-0.25, -0.2) is 19.2 Å². The molecule has 86 heavy (non-hydrogen) atoms. The van der Waals surface area contributed by atoms with Crippen molar-refractivity contribution in [1.29, 1.82) is 0 Å². The van der Waals surface area contributed by atoms with E-state index < -0.39 is 46.2 Å². The summed E-state index contributed by atoms with van der Waals surface area (Å²) in [4.78, 5) is 88.4. The number of fused-ring (bicyclic) bond motifs is 2. The first-order valence-corrected chi connectivity index (χ1v) is 28.5. The fourth-order valence-electron chi connectivity index (χ4n) is 10.3. The molecule has 2 aromatic carbocycles. The summed E-state index contributed by atoms with van der Waals surface area (Å²) in [6.45, 7) is 24.8. The number of amides is 4. The molecule has 0 radical (unpaired) electrons. The molecular formula is C62H74N14O10. The lowest BCUT2D eigenvalue weighted by atomic mass is 9.79. The van der Waals surface area contributed by atoms with Crippen molar-refractivity contribution < 1.29 is 48.1 Å². The number of likely N-dealkylation sites (tertiary alicyclic amines) is 2. The van der Waals surface area contributed by atoms with Gasteiger partial charge >= 0.3 is 24.4 Å². The van der Waals surface area contributed by atoms with Crippen LogP contribution in [0, 0.1) is 0 Å². The summed E-state index contributed by atoms with van der Waals surface area (Å²) in [7, 11) is 0. The monoisotopic (exact) mass is 1170 g/mol. The van der Waals surface area contributed by atoms with Gasteiger partial charge in [-0.3, -0.25) is 28.9 Å². The standard InChI is InChI=1S/2C31H37N7O5/c1-30(2,3)42-28(40)36-15-11-23(12-16-36)37-19-21(18-33-37)20-7-8-25-24(17-20)26(27(39)34-22-9-13-32-14-10-22)35-38(25)29(41)43-31(4,5)6;1-30(2,3)25-22(19-17-33-37(18-19)21-11-15-36(16-12-21)29(42)43-31(4,5)6)7-8-23-24(25)26(35-38(23)28(40)41)27(39)34-20-9-13-32-14-10-20/h7-10,13-14,17-19,23H,11-12,15-16H2,1-6H3,(H,32,34,39);7-10,13-14,17-18,21H,11-12,15-16H2,1-6H3,(H,40,41)(H,32,34,39). The third-order valence-corrected chi connectivity index (χ3v) is 14.2. The van der Waals surface area contributed by atoms with Crippen LogP contribution in [0.15, 0.2) is 104 Å². The van der Waals surface area contributed by atoms with Gasteiger partial charge in [-0.05, 0) is 153 Å². The number of ether oxygens (including phenoxy) is 3. The summed E-state index contributed by atoms with van der Waals surface area (Å²) in [6.07, 6.45) is 14.2. The van der Waals surface area contributed by atoms with Gasteiger partial charge in [0, 0.05) is 96.6 Å². The number of carboxylic acid groups (broad SMARTS) is 1. The lowest BCUT2D eigenvalue weighted by Gasteiger charge is -2.33. The van der Waals surface area contributed by atoms with Crippen LogP contribution in [0.2, 0.25) is 0 Å². The first-order chi connectivity index (χ1) is 40.5. The van der Waals surface area contributed by atoms with Crippen LogP contribution in [0.4, 0.5) is 30.6 Å². The number of nitrogens with zero attached hydrogens (tertiary/aromatic N) is 12. The van der Waals surface area contributed by atoms with Crippen LogP contribution in [0.1, 0.15) is 147 Å². The van der Waals surface area contributed by atoms with Crippen LogP contribution in [-0.2, 0) is 19.6 Å². The van der Waals surface area contributed by atoms with E-state index in [1.165, 1.54) is 0 Å². The van der Waals surface area contributed by atoms with Gasteiger partial charge in [0.05, 0.1) is 35.5 Å². The van der Waals surface area contributed by atoms with Crippen LogP contribution in [0.5, 0.6) is 0 Å². The van der Waals surface area contributed by atoms with E-state index in [1.54, 1.807) is 104 Å². The van der Waals surface area contributed by atoms with Gasteiger partial charge in [0.1, 0.15) is 16.8 Å². The maximum Gasteiger partial charge on any atom is 0.435 e. The highest BCUT2D eigenvalue weighted by Crippen LogP contribution is 2.41. The molecule has 4 amide bonds. The summed E-state index contributed by atoms with van der Waals surface area (Å²) in [5.41, 5.74) is 3.75. The number of rotatable bonds is 8. The van der Waals surface area contributed by atoms with Crippen molar-refractivity contribution in [3.8, 4) is 22.3 Å². The molecule has 0 aliphatic carbocycles. The molecular weight excluding hydrogens is 1100 g/mol. The van der Waals surface area contributed by atoms with Gasteiger partial charge in [-0.15, -0.1) is 0 Å². The summed E-state index contributed by atoms with van der Waals surface area (Å²) in [5.74, 6) is -0.991. The molecule has 0 saturated carbocycles. The zero-order valence-corrected chi connectivity index (χ0v) is 50.6. The van der Waals surface area contributed by atoms with Crippen molar-refractivity contribution in [2.45, 2.75) is 143 Å². The average Bonchev–Trinajstić information content (AvgIpc) is 1.87. The summed E-state index contributed by atoms with van der Waals surface area (Å²) < 4.78 is 22.4. The number of carbonyl (C=O) groups excluding carboxylic acids is 5. The molecule has 24 nitrogen and oxygen atoms in total. The Morgan fingerprint density at radius 3 is 1.44 bits per heavy atom. The third kappa shape index (κ3) is 14.4. The second-order valence-corrected chi connectivity index (χ2v) is 25.3. The molecule has 8 heterocycles. The molecule has 10 rings (SSSR count). The van der Waals surface area contributed by atoms with Gasteiger partial charge in [-0.1, -0.05) is 32.9 Å². The maximum atomic E-state index is 13.5. The van der Waals surface area contributed by atoms with Gasteiger partial charge in [0.25, 0.3) is 11.8 Å². The number of piperidine rings is 2. The Morgan fingerprint density at radius 2 is 0.965 bits per heavy atom. The van der Waals surface area contributed by atoms with Crippen LogP contribution in [-0.4, -0.2) is 143 Å². The van der Waals surface area contributed by atoms with E-state index in [2.05, 4.69) is 41.0 Å². The Labute approximate surface area is 497 Å². The van der Waals surface area contributed by atoms with E-state index in [0.717, 1.165) is 62.9 Å². The van der Waals surface area contributed by atoms with E-state index in [9.17, 15) is 33.9 Å². The molecule has 0 atom stereocenters. The second-order valence-electron chi connectivity index (χ2n) is 25.3. The van der Waals surface area contributed by atoms with Crippen molar-refractivity contribution >= 4 is 69.4 Å². The normalized spacial score (nSPS) is 14.6. The number of aromatic nitrogens is 10. The molecule has 2 fully saturated rings. The van der Waals surface area contributed by atoms with E-state index in [4.69, 9.17) is 14.2 Å². The second kappa shape index (κ2) is 24.2. The van der Waals surface area contributed by atoms with Crippen molar-refractivity contribution in [1.82, 2.24) is 58.9 Å². The van der Waals surface area contributed by atoms with Crippen LogP contribution in [0.3, 0.4) is 0 Å². The predicted octanol–water partition coefficient (Wildman–Crippen LogP) is 11.8. The molecule has 2 aliphatic heterocycles. The number of hydrogen-bond acceptors (Lipinski definition) is 15. The molecule has 8 aromatic rings. The van der Waals surface area contributed by atoms with Gasteiger partial charge in [-0.2, -0.15) is 29.8 Å². The lowest BCUT2D eigenvalue weighted by molar-refractivity contribution is 0.0174. The lowest BCUT2D eigenvalue weighted by Crippen LogP contribution is -2.42. The third-order valence-electron chi connectivity index (χ3n) is 14.2.